The highest BCUT2D eigenvalue weighted by atomic mass is 32.2. The Bertz CT molecular complexity index is 424. The summed E-state index contributed by atoms with van der Waals surface area (Å²) in [6, 6.07) is 0. The summed E-state index contributed by atoms with van der Waals surface area (Å²) in [5.41, 5.74) is 0. The molecule has 0 aliphatic rings. The summed E-state index contributed by atoms with van der Waals surface area (Å²) in [7, 11) is -1.78. The van der Waals surface area contributed by atoms with Crippen LogP contribution < -0.4 is 9.62 Å². The second-order valence-electron chi connectivity index (χ2n) is 3.24. The minimum Gasteiger partial charge on any atom is -0.349 e. The lowest BCUT2D eigenvalue weighted by Crippen LogP contribution is -2.21. The quantitative estimate of drug-likeness (QED) is 0.833. The summed E-state index contributed by atoms with van der Waals surface area (Å²) in [5.74, 6) is 0.00242. The molecule has 0 radical (unpaired) electrons. The Morgan fingerprint density at radius 3 is 2.56 bits per heavy atom. The monoisotopic (exact) mass is 263 g/mol. The first kappa shape index (κ1) is 13.4. The standard InChI is InChI=1S/C9H17N3O2S2/c1-4-12(5-2)9-11-6-8(15-9)7-16(13,14)10-3/h6,10H,4-5,7H2,1-3H3. The van der Waals surface area contributed by atoms with Crippen molar-refractivity contribution in [3.05, 3.63) is 11.1 Å². The topological polar surface area (TPSA) is 62.3 Å². The van der Waals surface area contributed by atoms with Crippen molar-refractivity contribution < 1.29 is 8.42 Å². The minimum atomic E-state index is -3.20. The van der Waals surface area contributed by atoms with Crippen LogP contribution in [0.5, 0.6) is 0 Å². The van der Waals surface area contributed by atoms with E-state index in [0.29, 0.717) is 0 Å². The third-order valence-corrected chi connectivity index (χ3v) is 4.77. The highest BCUT2D eigenvalue weighted by molar-refractivity contribution is 7.88. The Kier molecular flexibility index (Phi) is 4.69. The number of anilines is 1. The van der Waals surface area contributed by atoms with Gasteiger partial charge >= 0.3 is 0 Å². The van der Waals surface area contributed by atoms with Gasteiger partial charge in [-0.1, -0.05) is 0 Å². The number of sulfonamides is 1. The molecular weight excluding hydrogens is 246 g/mol. The molecule has 0 fully saturated rings. The third-order valence-electron chi connectivity index (χ3n) is 2.22. The summed E-state index contributed by atoms with van der Waals surface area (Å²) < 4.78 is 25.0. The molecule has 1 rings (SSSR count). The first-order valence-electron chi connectivity index (χ1n) is 5.13. The van der Waals surface area contributed by atoms with Gasteiger partial charge in [-0.3, -0.25) is 0 Å². The molecule has 0 unspecified atom stereocenters. The van der Waals surface area contributed by atoms with E-state index in [1.807, 2.05) is 0 Å². The van der Waals surface area contributed by atoms with Gasteiger partial charge in [0.15, 0.2) is 5.13 Å². The first-order valence-corrected chi connectivity index (χ1v) is 7.60. The number of hydrogen-bond donors (Lipinski definition) is 1. The molecule has 0 amide bonds. The van der Waals surface area contributed by atoms with Gasteiger partial charge in [0.1, 0.15) is 5.75 Å². The van der Waals surface area contributed by atoms with Crippen LogP contribution in [0.15, 0.2) is 6.20 Å². The number of rotatable bonds is 6. The van der Waals surface area contributed by atoms with Crippen molar-refractivity contribution >= 4 is 26.5 Å². The Morgan fingerprint density at radius 1 is 1.44 bits per heavy atom. The van der Waals surface area contributed by atoms with Crippen LogP contribution in [0.3, 0.4) is 0 Å². The zero-order valence-electron chi connectivity index (χ0n) is 9.73. The van der Waals surface area contributed by atoms with E-state index in [4.69, 9.17) is 0 Å². The Balaban J connectivity index is 2.79. The molecule has 92 valence electrons. The van der Waals surface area contributed by atoms with E-state index in [1.54, 1.807) is 6.20 Å². The maximum atomic E-state index is 11.3. The number of nitrogens with zero attached hydrogens (tertiary/aromatic N) is 2. The van der Waals surface area contributed by atoms with Crippen LogP contribution in [0.2, 0.25) is 0 Å². The summed E-state index contributed by atoms with van der Waals surface area (Å²) in [6.07, 6.45) is 1.63. The fourth-order valence-electron chi connectivity index (χ4n) is 1.26. The van der Waals surface area contributed by atoms with E-state index in [1.165, 1.54) is 18.4 Å². The molecule has 0 aromatic carbocycles. The van der Waals surface area contributed by atoms with Crippen LogP contribution in [-0.4, -0.2) is 33.5 Å². The largest absolute Gasteiger partial charge is 0.349 e. The van der Waals surface area contributed by atoms with Gasteiger partial charge in [-0.15, -0.1) is 11.3 Å². The van der Waals surface area contributed by atoms with Crippen LogP contribution in [0.1, 0.15) is 18.7 Å². The zero-order valence-corrected chi connectivity index (χ0v) is 11.4. The lowest BCUT2D eigenvalue weighted by atomic mass is 10.6. The zero-order chi connectivity index (χ0) is 12.2. The molecule has 7 heteroatoms. The van der Waals surface area contributed by atoms with Crippen LogP contribution in [0.25, 0.3) is 0 Å². The van der Waals surface area contributed by atoms with Gasteiger partial charge in [0, 0.05) is 24.2 Å². The molecule has 5 nitrogen and oxygen atoms in total. The minimum absolute atomic E-state index is 0.00242. The van der Waals surface area contributed by atoms with Crippen molar-refractivity contribution in [3.8, 4) is 0 Å². The maximum absolute atomic E-state index is 11.3. The van der Waals surface area contributed by atoms with Crippen LogP contribution in [-0.2, 0) is 15.8 Å². The molecule has 1 aromatic rings. The fraction of sp³-hybridized carbons (Fsp3) is 0.667. The number of hydrogen-bond acceptors (Lipinski definition) is 5. The first-order chi connectivity index (χ1) is 7.52. The van der Waals surface area contributed by atoms with E-state index in [0.717, 1.165) is 23.1 Å². The van der Waals surface area contributed by atoms with Crippen LogP contribution in [0, 0.1) is 0 Å². The van der Waals surface area contributed by atoms with Crippen molar-refractivity contribution in [1.82, 2.24) is 9.71 Å². The number of thiazole rings is 1. The van der Waals surface area contributed by atoms with Gasteiger partial charge in [0.25, 0.3) is 0 Å². The van der Waals surface area contributed by atoms with Crippen molar-refractivity contribution in [1.29, 1.82) is 0 Å². The molecule has 1 N–H and O–H groups in total. The fourth-order valence-corrected chi connectivity index (χ4v) is 3.39. The van der Waals surface area contributed by atoms with Gasteiger partial charge < -0.3 is 4.90 Å². The molecule has 0 saturated carbocycles. The molecule has 0 aliphatic carbocycles. The van der Waals surface area contributed by atoms with Crippen molar-refractivity contribution in [3.63, 3.8) is 0 Å². The SMILES string of the molecule is CCN(CC)c1ncc(CS(=O)(=O)NC)s1. The molecular formula is C9H17N3O2S2. The predicted octanol–water partition coefficient (Wildman–Crippen LogP) is 1.04. The van der Waals surface area contributed by atoms with Crippen molar-refractivity contribution in [2.75, 3.05) is 25.0 Å². The highest BCUT2D eigenvalue weighted by Crippen LogP contribution is 2.23. The van der Waals surface area contributed by atoms with Crippen molar-refractivity contribution in [2.45, 2.75) is 19.6 Å². The number of aromatic nitrogens is 1. The van der Waals surface area contributed by atoms with Gasteiger partial charge in [0.05, 0.1) is 0 Å². The van der Waals surface area contributed by atoms with Gasteiger partial charge in [-0.05, 0) is 20.9 Å². The average molecular weight is 263 g/mol. The van der Waals surface area contributed by atoms with Gasteiger partial charge in [-0.25, -0.2) is 18.1 Å². The van der Waals surface area contributed by atoms with Gasteiger partial charge in [-0.2, -0.15) is 0 Å². The molecule has 0 bridgehead atoms. The lowest BCUT2D eigenvalue weighted by Gasteiger charge is -2.16. The smallest absolute Gasteiger partial charge is 0.216 e. The molecule has 1 aromatic heterocycles. The predicted molar refractivity (Wildman–Crippen MR) is 67.4 cm³/mol. The normalized spacial score (nSPS) is 11.7. The van der Waals surface area contributed by atoms with Crippen molar-refractivity contribution in [2.24, 2.45) is 0 Å². The van der Waals surface area contributed by atoms with E-state index in [9.17, 15) is 8.42 Å². The summed E-state index contributed by atoms with van der Waals surface area (Å²) in [5, 5.41) is 0.881. The second kappa shape index (κ2) is 5.60. The number of nitrogens with one attached hydrogen (secondary N) is 1. The summed E-state index contributed by atoms with van der Waals surface area (Å²) in [4.78, 5) is 7.09. The molecule has 16 heavy (non-hydrogen) atoms. The Morgan fingerprint density at radius 2 is 2.06 bits per heavy atom. The van der Waals surface area contributed by atoms with Gasteiger partial charge in [0.2, 0.25) is 10.0 Å². The molecule has 1 heterocycles. The van der Waals surface area contributed by atoms with Crippen LogP contribution in [0.4, 0.5) is 5.13 Å². The summed E-state index contributed by atoms with van der Waals surface area (Å²) >= 11 is 1.43. The van der Waals surface area contributed by atoms with E-state index in [2.05, 4.69) is 28.5 Å². The lowest BCUT2D eigenvalue weighted by molar-refractivity contribution is 0.588. The van der Waals surface area contributed by atoms with E-state index >= 15 is 0 Å². The van der Waals surface area contributed by atoms with Crippen LogP contribution >= 0.6 is 11.3 Å². The second-order valence-corrected chi connectivity index (χ2v) is 6.26. The maximum Gasteiger partial charge on any atom is 0.216 e. The van der Waals surface area contributed by atoms with E-state index < -0.39 is 10.0 Å². The summed E-state index contributed by atoms with van der Waals surface area (Å²) in [6.45, 7) is 5.86. The molecule has 0 atom stereocenters. The third kappa shape index (κ3) is 3.43. The highest BCUT2D eigenvalue weighted by Gasteiger charge is 2.13. The van der Waals surface area contributed by atoms with E-state index in [-0.39, 0.29) is 5.75 Å². The average Bonchev–Trinajstić information content (AvgIpc) is 2.68. The Hall–Kier alpha value is -0.660. The molecule has 0 aliphatic heterocycles. The molecule has 0 saturated heterocycles. The molecule has 0 spiro atoms. The Labute approximate surface area is 101 Å².